The molecule has 0 unspecified atom stereocenters. The van der Waals surface area contributed by atoms with Gasteiger partial charge in [-0.15, -0.1) is 0 Å². The Bertz CT molecular complexity index is 604. The number of esters is 1. The van der Waals surface area contributed by atoms with Crippen LogP contribution in [0.15, 0.2) is 0 Å². The number of benzene rings is 1. The molecule has 0 radical (unpaired) electrons. The maximum absolute atomic E-state index is 13.3. The fourth-order valence-corrected chi connectivity index (χ4v) is 1.51. The Hall–Kier alpha value is -2.19. The molecule has 9 heteroatoms. The van der Waals surface area contributed by atoms with Crippen molar-refractivity contribution in [3.05, 3.63) is 29.1 Å². The van der Waals surface area contributed by atoms with E-state index in [1.165, 1.54) is 11.9 Å². The fraction of sp³-hybridized carbons (Fsp3) is 0.429. The second-order valence-electron chi connectivity index (χ2n) is 4.97. The molecule has 128 valence electrons. The molecule has 1 rings (SSSR count). The first-order chi connectivity index (χ1) is 10.6. The number of carbonyl (C=O) groups is 2. The van der Waals surface area contributed by atoms with Crippen molar-refractivity contribution in [1.82, 2.24) is 4.90 Å². The van der Waals surface area contributed by atoms with Crippen LogP contribution in [0, 0.1) is 29.1 Å². The van der Waals surface area contributed by atoms with Crippen LogP contribution in [-0.2, 0) is 9.59 Å². The van der Waals surface area contributed by atoms with Gasteiger partial charge in [-0.05, 0) is 13.8 Å². The van der Waals surface area contributed by atoms with Crippen molar-refractivity contribution < 1.29 is 36.3 Å². The summed E-state index contributed by atoms with van der Waals surface area (Å²) in [5.74, 6) is -14.7. The lowest BCUT2D eigenvalue weighted by molar-refractivity contribution is -0.139. The Balaban J connectivity index is 2.82. The molecule has 1 aromatic carbocycles. The van der Waals surface area contributed by atoms with Crippen molar-refractivity contribution in [2.75, 3.05) is 7.05 Å². The van der Waals surface area contributed by atoms with E-state index < -0.39 is 53.1 Å². The summed E-state index contributed by atoms with van der Waals surface area (Å²) in [6.45, 7) is 3.45. The largest absolute Gasteiger partial charge is 0.420 e. The third-order valence-corrected chi connectivity index (χ3v) is 3.10. The highest BCUT2D eigenvalue weighted by molar-refractivity contribution is 5.82. The lowest BCUT2D eigenvalue weighted by atomic mass is 10.2. The summed E-state index contributed by atoms with van der Waals surface area (Å²) in [5.41, 5.74) is 0. The van der Waals surface area contributed by atoms with Gasteiger partial charge >= 0.3 is 5.97 Å². The van der Waals surface area contributed by atoms with Crippen molar-refractivity contribution in [2.45, 2.75) is 32.7 Å². The Morgan fingerprint density at radius 1 is 0.913 bits per heavy atom. The van der Waals surface area contributed by atoms with Gasteiger partial charge in [0.15, 0.2) is 0 Å². The van der Waals surface area contributed by atoms with E-state index in [0.717, 1.165) is 0 Å². The van der Waals surface area contributed by atoms with Gasteiger partial charge in [0.2, 0.25) is 40.7 Å². The molecule has 0 aromatic heterocycles. The Morgan fingerprint density at radius 3 is 1.78 bits per heavy atom. The topological polar surface area (TPSA) is 46.6 Å². The smallest absolute Gasteiger partial charge is 0.311 e. The number of amides is 1. The van der Waals surface area contributed by atoms with Gasteiger partial charge in [-0.1, -0.05) is 0 Å². The number of hydrogen-bond acceptors (Lipinski definition) is 3. The monoisotopic (exact) mass is 339 g/mol. The lowest BCUT2D eigenvalue weighted by Gasteiger charge is -2.21. The predicted molar refractivity (Wildman–Crippen MR) is 69.0 cm³/mol. The third kappa shape index (κ3) is 4.17. The summed E-state index contributed by atoms with van der Waals surface area (Å²) in [4.78, 5) is 24.4. The van der Waals surface area contributed by atoms with Gasteiger partial charge in [-0.2, -0.15) is 8.78 Å². The molecule has 23 heavy (non-hydrogen) atoms. The minimum atomic E-state index is -2.35. The van der Waals surface area contributed by atoms with E-state index in [-0.39, 0.29) is 12.5 Å². The highest BCUT2D eigenvalue weighted by Gasteiger charge is 2.28. The predicted octanol–water partition coefficient (Wildman–Crippen LogP) is 2.93. The van der Waals surface area contributed by atoms with Crippen molar-refractivity contribution in [2.24, 2.45) is 0 Å². The minimum Gasteiger partial charge on any atom is -0.420 e. The van der Waals surface area contributed by atoms with Crippen LogP contribution in [-0.4, -0.2) is 29.9 Å². The molecule has 0 saturated heterocycles. The number of ether oxygens (including phenoxy) is 1. The summed E-state index contributed by atoms with van der Waals surface area (Å²) in [7, 11) is 1.49. The van der Waals surface area contributed by atoms with E-state index in [4.69, 9.17) is 0 Å². The van der Waals surface area contributed by atoms with Gasteiger partial charge in [0.05, 0.1) is 6.42 Å². The van der Waals surface area contributed by atoms with Crippen molar-refractivity contribution >= 4 is 11.9 Å². The molecule has 0 N–H and O–H groups in total. The second-order valence-corrected chi connectivity index (χ2v) is 4.97. The van der Waals surface area contributed by atoms with Gasteiger partial charge in [-0.25, -0.2) is 13.2 Å². The number of hydrogen-bond donors (Lipinski definition) is 0. The standard InChI is InChI=1S/C14H14F5NO3/c1-6(2)20(3)7(21)4-5-8(22)23-14-12(18)10(16)9(15)11(17)13(14)19/h6H,4-5H2,1-3H3. The van der Waals surface area contributed by atoms with Crippen LogP contribution in [0.4, 0.5) is 22.0 Å². The van der Waals surface area contributed by atoms with Crippen LogP contribution in [0.5, 0.6) is 5.75 Å². The van der Waals surface area contributed by atoms with Crippen LogP contribution in [0.1, 0.15) is 26.7 Å². The van der Waals surface area contributed by atoms with E-state index in [1.54, 1.807) is 13.8 Å². The van der Waals surface area contributed by atoms with Crippen LogP contribution >= 0.6 is 0 Å². The molecule has 4 nitrogen and oxygen atoms in total. The molecule has 0 spiro atoms. The number of halogens is 5. The van der Waals surface area contributed by atoms with Crippen LogP contribution in [0.2, 0.25) is 0 Å². The normalized spacial score (nSPS) is 10.8. The molecule has 0 aliphatic heterocycles. The van der Waals surface area contributed by atoms with Crippen LogP contribution < -0.4 is 4.74 Å². The van der Waals surface area contributed by atoms with E-state index in [1.807, 2.05) is 0 Å². The zero-order valence-corrected chi connectivity index (χ0v) is 12.6. The summed E-state index contributed by atoms with van der Waals surface area (Å²) in [6, 6.07) is -0.131. The molecule has 0 atom stereocenters. The van der Waals surface area contributed by atoms with Crippen LogP contribution in [0.3, 0.4) is 0 Å². The van der Waals surface area contributed by atoms with E-state index in [0.29, 0.717) is 0 Å². The van der Waals surface area contributed by atoms with E-state index in [9.17, 15) is 31.5 Å². The molecule has 0 fully saturated rings. The van der Waals surface area contributed by atoms with Crippen molar-refractivity contribution in [1.29, 1.82) is 0 Å². The first kappa shape index (κ1) is 18.9. The van der Waals surface area contributed by atoms with E-state index in [2.05, 4.69) is 4.74 Å². The SMILES string of the molecule is CC(C)N(C)C(=O)CCC(=O)Oc1c(F)c(F)c(F)c(F)c1F. The van der Waals surface area contributed by atoms with E-state index >= 15 is 0 Å². The molecular weight excluding hydrogens is 325 g/mol. The van der Waals surface area contributed by atoms with Crippen molar-refractivity contribution in [3.63, 3.8) is 0 Å². The molecular formula is C14H14F5NO3. The molecule has 0 bridgehead atoms. The fourth-order valence-electron chi connectivity index (χ4n) is 1.51. The van der Waals surface area contributed by atoms with Gasteiger partial charge in [-0.3, -0.25) is 9.59 Å². The molecule has 1 amide bonds. The van der Waals surface area contributed by atoms with Gasteiger partial charge in [0.25, 0.3) is 0 Å². The highest BCUT2D eigenvalue weighted by atomic mass is 19.2. The number of carbonyl (C=O) groups excluding carboxylic acids is 2. The molecule has 0 saturated carbocycles. The average Bonchev–Trinajstić information content (AvgIpc) is 2.51. The maximum atomic E-state index is 13.3. The first-order valence-electron chi connectivity index (χ1n) is 6.55. The second kappa shape index (κ2) is 7.38. The van der Waals surface area contributed by atoms with Gasteiger partial charge < -0.3 is 9.64 Å². The van der Waals surface area contributed by atoms with Gasteiger partial charge in [0.1, 0.15) is 0 Å². The molecule has 0 heterocycles. The first-order valence-corrected chi connectivity index (χ1v) is 6.55. The Labute approximate surface area is 128 Å². The van der Waals surface area contributed by atoms with Crippen LogP contribution in [0.25, 0.3) is 0 Å². The highest BCUT2D eigenvalue weighted by Crippen LogP contribution is 2.29. The summed E-state index contributed by atoms with van der Waals surface area (Å²) < 4.78 is 69.6. The zero-order chi connectivity index (χ0) is 17.9. The summed E-state index contributed by atoms with van der Waals surface area (Å²) in [5, 5.41) is 0. The maximum Gasteiger partial charge on any atom is 0.311 e. The number of nitrogens with zero attached hydrogens (tertiary/aromatic N) is 1. The number of rotatable bonds is 5. The van der Waals surface area contributed by atoms with Gasteiger partial charge in [0, 0.05) is 19.5 Å². The molecule has 0 aliphatic carbocycles. The Morgan fingerprint density at radius 2 is 1.35 bits per heavy atom. The lowest BCUT2D eigenvalue weighted by Crippen LogP contribution is -2.33. The average molecular weight is 339 g/mol. The molecule has 1 aromatic rings. The third-order valence-electron chi connectivity index (χ3n) is 3.10. The quantitative estimate of drug-likeness (QED) is 0.272. The zero-order valence-electron chi connectivity index (χ0n) is 12.6. The summed E-state index contributed by atoms with van der Waals surface area (Å²) >= 11 is 0. The minimum absolute atomic E-state index is 0.131. The van der Waals surface area contributed by atoms with Crippen molar-refractivity contribution in [3.8, 4) is 5.75 Å². The Kier molecular flexibility index (Phi) is 6.05. The molecule has 0 aliphatic rings. The summed E-state index contributed by atoms with van der Waals surface area (Å²) in [6.07, 6.45) is -0.904.